The monoisotopic (exact) mass is 364 g/mol. The Kier molecular flexibility index (Phi) is 7.32. The van der Waals surface area contributed by atoms with Gasteiger partial charge in [0, 0.05) is 26.2 Å². The Labute approximate surface area is 158 Å². The SMILES string of the molecule is CN(C(=O)CN1CCCC(CNC(=O)C2CCCN2)C1)C1CCCCC1. The van der Waals surface area contributed by atoms with Crippen molar-refractivity contribution in [3.05, 3.63) is 0 Å². The van der Waals surface area contributed by atoms with Gasteiger partial charge in [-0.25, -0.2) is 0 Å². The quantitative estimate of drug-likeness (QED) is 0.747. The van der Waals surface area contributed by atoms with Crippen LogP contribution in [0.15, 0.2) is 0 Å². The molecular weight excluding hydrogens is 328 g/mol. The maximum Gasteiger partial charge on any atom is 0.237 e. The molecule has 2 unspecified atom stereocenters. The van der Waals surface area contributed by atoms with E-state index in [1.54, 1.807) is 0 Å². The van der Waals surface area contributed by atoms with Crippen LogP contribution in [0.25, 0.3) is 0 Å². The third-order valence-corrected chi connectivity index (χ3v) is 6.42. The van der Waals surface area contributed by atoms with Gasteiger partial charge in [-0.3, -0.25) is 14.5 Å². The third kappa shape index (κ3) is 5.43. The number of likely N-dealkylation sites (N-methyl/N-ethyl adjacent to an activating group) is 1. The van der Waals surface area contributed by atoms with Gasteiger partial charge >= 0.3 is 0 Å². The number of amides is 2. The second-order valence-corrected chi connectivity index (χ2v) is 8.43. The van der Waals surface area contributed by atoms with Gasteiger partial charge in [-0.1, -0.05) is 19.3 Å². The van der Waals surface area contributed by atoms with Gasteiger partial charge in [0.25, 0.3) is 0 Å². The Hall–Kier alpha value is -1.14. The van der Waals surface area contributed by atoms with Crippen molar-refractivity contribution in [1.29, 1.82) is 0 Å². The number of nitrogens with one attached hydrogen (secondary N) is 2. The zero-order chi connectivity index (χ0) is 18.4. The van der Waals surface area contributed by atoms with Crippen molar-refractivity contribution in [2.75, 3.05) is 39.8 Å². The number of piperidine rings is 1. The highest BCUT2D eigenvalue weighted by atomic mass is 16.2. The van der Waals surface area contributed by atoms with Crippen molar-refractivity contribution in [2.45, 2.75) is 69.9 Å². The van der Waals surface area contributed by atoms with Gasteiger partial charge in [0.15, 0.2) is 0 Å². The van der Waals surface area contributed by atoms with Crippen LogP contribution in [0.2, 0.25) is 0 Å². The summed E-state index contributed by atoms with van der Waals surface area (Å²) in [6, 6.07) is 0.440. The number of rotatable bonds is 6. The third-order valence-electron chi connectivity index (χ3n) is 6.42. The van der Waals surface area contributed by atoms with E-state index in [1.807, 2.05) is 11.9 Å². The van der Waals surface area contributed by atoms with Gasteiger partial charge < -0.3 is 15.5 Å². The van der Waals surface area contributed by atoms with E-state index in [1.165, 1.54) is 19.3 Å². The highest BCUT2D eigenvalue weighted by Gasteiger charge is 2.27. The van der Waals surface area contributed by atoms with Gasteiger partial charge in [-0.15, -0.1) is 0 Å². The molecule has 2 aliphatic heterocycles. The molecule has 26 heavy (non-hydrogen) atoms. The van der Waals surface area contributed by atoms with Crippen LogP contribution in [0.1, 0.15) is 57.8 Å². The second-order valence-electron chi connectivity index (χ2n) is 8.43. The molecule has 2 saturated heterocycles. The summed E-state index contributed by atoms with van der Waals surface area (Å²) >= 11 is 0. The van der Waals surface area contributed by atoms with Crippen LogP contribution >= 0.6 is 0 Å². The van der Waals surface area contributed by atoms with Crippen LogP contribution < -0.4 is 10.6 Å². The summed E-state index contributed by atoms with van der Waals surface area (Å²) in [5, 5.41) is 6.37. The lowest BCUT2D eigenvalue weighted by molar-refractivity contribution is -0.134. The highest BCUT2D eigenvalue weighted by molar-refractivity contribution is 5.82. The Morgan fingerprint density at radius 2 is 1.88 bits per heavy atom. The van der Waals surface area contributed by atoms with Crippen molar-refractivity contribution < 1.29 is 9.59 Å². The molecule has 0 radical (unpaired) electrons. The molecule has 3 fully saturated rings. The molecule has 148 valence electrons. The Morgan fingerprint density at radius 3 is 2.62 bits per heavy atom. The minimum absolute atomic E-state index is 0.000384. The molecule has 1 saturated carbocycles. The van der Waals surface area contributed by atoms with E-state index < -0.39 is 0 Å². The molecule has 3 rings (SSSR count). The standard InChI is InChI=1S/C20H36N4O2/c1-23(17-8-3-2-4-9-17)19(25)15-24-12-6-7-16(14-24)13-22-20(26)18-10-5-11-21-18/h16-18,21H,2-15H2,1H3,(H,22,26). The van der Waals surface area contributed by atoms with Crippen LogP contribution in [0, 0.1) is 5.92 Å². The van der Waals surface area contributed by atoms with Gasteiger partial charge in [-0.05, 0) is 57.5 Å². The number of hydrogen-bond donors (Lipinski definition) is 2. The van der Waals surface area contributed by atoms with Crippen LogP contribution in [-0.2, 0) is 9.59 Å². The van der Waals surface area contributed by atoms with E-state index in [9.17, 15) is 9.59 Å². The number of carbonyl (C=O) groups excluding carboxylic acids is 2. The maximum atomic E-state index is 12.7. The summed E-state index contributed by atoms with van der Waals surface area (Å²) < 4.78 is 0. The minimum atomic E-state index is 0.000384. The molecular formula is C20H36N4O2. The zero-order valence-corrected chi connectivity index (χ0v) is 16.3. The first-order valence-corrected chi connectivity index (χ1v) is 10.6. The van der Waals surface area contributed by atoms with Crippen molar-refractivity contribution >= 4 is 11.8 Å². The number of carbonyl (C=O) groups is 2. The van der Waals surface area contributed by atoms with Gasteiger partial charge in [-0.2, -0.15) is 0 Å². The molecule has 1 aliphatic carbocycles. The largest absolute Gasteiger partial charge is 0.354 e. The molecule has 0 aromatic carbocycles. The van der Waals surface area contributed by atoms with E-state index in [-0.39, 0.29) is 17.9 Å². The molecule has 0 aromatic rings. The Morgan fingerprint density at radius 1 is 1.08 bits per heavy atom. The van der Waals surface area contributed by atoms with E-state index in [4.69, 9.17) is 0 Å². The van der Waals surface area contributed by atoms with Crippen LogP contribution in [0.5, 0.6) is 0 Å². The molecule has 2 atom stereocenters. The minimum Gasteiger partial charge on any atom is -0.354 e. The van der Waals surface area contributed by atoms with Gasteiger partial charge in [0.1, 0.15) is 0 Å². The lowest BCUT2D eigenvalue weighted by Gasteiger charge is -2.36. The molecule has 0 spiro atoms. The molecule has 2 amide bonds. The Bertz CT molecular complexity index is 472. The van der Waals surface area contributed by atoms with Crippen molar-refractivity contribution in [3.63, 3.8) is 0 Å². The van der Waals surface area contributed by atoms with Crippen LogP contribution in [0.4, 0.5) is 0 Å². The molecule has 3 aliphatic rings. The molecule has 6 heteroatoms. The van der Waals surface area contributed by atoms with Crippen molar-refractivity contribution in [2.24, 2.45) is 5.92 Å². The lowest BCUT2D eigenvalue weighted by Crippen LogP contribution is -2.49. The predicted molar refractivity (Wildman–Crippen MR) is 103 cm³/mol. The first kappa shape index (κ1) is 19.6. The normalized spacial score (nSPS) is 28.0. The fourth-order valence-electron chi connectivity index (χ4n) is 4.71. The van der Waals surface area contributed by atoms with Gasteiger partial charge in [0.2, 0.25) is 11.8 Å². The number of hydrogen-bond acceptors (Lipinski definition) is 4. The molecule has 0 bridgehead atoms. The van der Waals surface area contributed by atoms with E-state index in [2.05, 4.69) is 15.5 Å². The summed E-state index contributed by atoms with van der Waals surface area (Å²) in [5.41, 5.74) is 0. The predicted octanol–water partition coefficient (Wildman–Crippen LogP) is 1.36. The average molecular weight is 365 g/mol. The molecule has 2 N–H and O–H groups in total. The zero-order valence-electron chi connectivity index (χ0n) is 16.3. The van der Waals surface area contributed by atoms with E-state index >= 15 is 0 Å². The van der Waals surface area contributed by atoms with Crippen molar-refractivity contribution in [1.82, 2.24) is 20.4 Å². The summed E-state index contributed by atoms with van der Waals surface area (Å²) in [5.74, 6) is 0.867. The first-order valence-electron chi connectivity index (χ1n) is 10.6. The van der Waals surface area contributed by atoms with E-state index in [0.29, 0.717) is 18.5 Å². The smallest absolute Gasteiger partial charge is 0.237 e. The summed E-state index contributed by atoms with van der Waals surface area (Å²) in [6.45, 7) is 4.13. The Balaban J connectivity index is 1.39. The summed E-state index contributed by atoms with van der Waals surface area (Å²) in [6.07, 6.45) is 10.4. The van der Waals surface area contributed by atoms with E-state index in [0.717, 1.165) is 64.7 Å². The molecule has 2 heterocycles. The summed E-state index contributed by atoms with van der Waals surface area (Å²) in [7, 11) is 1.98. The van der Waals surface area contributed by atoms with Crippen LogP contribution in [0.3, 0.4) is 0 Å². The number of likely N-dealkylation sites (tertiary alicyclic amines) is 1. The fraction of sp³-hybridized carbons (Fsp3) is 0.900. The highest BCUT2D eigenvalue weighted by Crippen LogP contribution is 2.22. The topological polar surface area (TPSA) is 64.7 Å². The average Bonchev–Trinajstić information content (AvgIpc) is 3.21. The molecule has 6 nitrogen and oxygen atoms in total. The van der Waals surface area contributed by atoms with Crippen molar-refractivity contribution in [3.8, 4) is 0 Å². The fourth-order valence-corrected chi connectivity index (χ4v) is 4.71. The first-order chi connectivity index (χ1) is 12.6. The molecule has 0 aromatic heterocycles. The second kappa shape index (κ2) is 9.70. The van der Waals surface area contributed by atoms with Crippen LogP contribution in [-0.4, -0.2) is 73.5 Å². The lowest BCUT2D eigenvalue weighted by atomic mass is 9.94. The van der Waals surface area contributed by atoms with Gasteiger partial charge in [0.05, 0.1) is 12.6 Å². The summed E-state index contributed by atoms with van der Waals surface area (Å²) in [4.78, 5) is 29.1. The number of nitrogens with zero attached hydrogens (tertiary/aromatic N) is 2. The maximum absolute atomic E-state index is 12.7.